The van der Waals surface area contributed by atoms with Crippen molar-refractivity contribution in [3.63, 3.8) is 0 Å². The Balaban J connectivity index is 1.87. The molecule has 3 rings (SSSR count). The number of pyridine rings is 1. The van der Waals surface area contributed by atoms with E-state index in [4.69, 9.17) is 0 Å². The molecule has 3 atom stereocenters. The summed E-state index contributed by atoms with van der Waals surface area (Å²) >= 11 is 0. The van der Waals surface area contributed by atoms with Crippen LogP contribution in [0, 0.1) is 11.8 Å². The maximum atomic E-state index is 4.49. The highest BCUT2D eigenvalue weighted by molar-refractivity contribution is 5.79. The zero-order valence-electron chi connectivity index (χ0n) is 12.5. The molecule has 0 bridgehead atoms. The highest BCUT2D eigenvalue weighted by Gasteiger charge is 2.30. The first-order chi connectivity index (χ1) is 9.81. The molecule has 0 amide bonds. The first-order valence-corrected chi connectivity index (χ1v) is 7.83. The van der Waals surface area contributed by atoms with Gasteiger partial charge in [0.15, 0.2) is 0 Å². The zero-order chi connectivity index (χ0) is 13.9. The van der Waals surface area contributed by atoms with E-state index in [2.05, 4.69) is 48.5 Å². The third-order valence-electron chi connectivity index (χ3n) is 4.93. The maximum absolute atomic E-state index is 4.49. The van der Waals surface area contributed by atoms with Gasteiger partial charge in [0.25, 0.3) is 0 Å². The third kappa shape index (κ3) is 2.57. The summed E-state index contributed by atoms with van der Waals surface area (Å²) < 4.78 is 0. The lowest BCUT2D eigenvalue weighted by molar-refractivity contribution is 0.373. The minimum absolute atomic E-state index is 0.470. The topological polar surface area (TPSA) is 24.9 Å². The van der Waals surface area contributed by atoms with Gasteiger partial charge in [-0.3, -0.25) is 4.98 Å². The molecule has 1 N–H and O–H groups in total. The smallest absolute Gasteiger partial charge is 0.0705 e. The van der Waals surface area contributed by atoms with Crippen LogP contribution in [0.3, 0.4) is 0 Å². The van der Waals surface area contributed by atoms with Gasteiger partial charge < -0.3 is 5.32 Å². The van der Waals surface area contributed by atoms with Crippen molar-refractivity contribution in [1.29, 1.82) is 0 Å². The quantitative estimate of drug-likeness (QED) is 0.893. The molecule has 0 radical (unpaired) electrons. The van der Waals surface area contributed by atoms with Crippen LogP contribution in [0.2, 0.25) is 0 Å². The van der Waals surface area contributed by atoms with Crippen molar-refractivity contribution in [3.05, 3.63) is 42.1 Å². The van der Waals surface area contributed by atoms with Crippen molar-refractivity contribution in [2.75, 3.05) is 7.05 Å². The van der Waals surface area contributed by atoms with E-state index in [1.165, 1.54) is 36.6 Å². The van der Waals surface area contributed by atoms with Crippen LogP contribution in [0.15, 0.2) is 36.5 Å². The molecule has 1 aliphatic carbocycles. The number of nitrogens with zero attached hydrogens (tertiary/aromatic N) is 1. The molecule has 2 nitrogen and oxygen atoms in total. The second-order valence-electron chi connectivity index (χ2n) is 6.07. The van der Waals surface area contributed by atoms with Crippen molar-refractivity contribution in [3.8, 4) is 0 Å². The summed E-state index contributed by atoms with van der Waals surface area (Å²) in [5.74, 6) is 1.69. The molecular weight excluding hydrogens is 244 g/mol. The van der Waals surface area contributed by atoms with Crippen LogP contribution >= 0.6 is 0 Å². The van der Waals surface area contributed by atoms with E-state index in [1.807, 2.05) is 12.3 Å². The summed E-state index contributed by atoms with van der Waals surface area (Å²) in [4.78, 5) is 4.49. The summed E-state index contributed by atoms with van der Waals surface area (Å²) in [6, 6.07) is 11.3. The van der Waals surface area contributed by atoms with Crippen molar-refractivity contribution >= 4 is 10.9 Å². The monoisotopic (exact) mass is 268 g/mol. The summed E-state index contributed by atoms with van der Waals surface area (Å²) in [5.41, 5.74) is 2.50. The molecule has 1 saturated carbocycles. The van der Waals surface area contributed by atoms with Crippen molar-refractivity contribution < 1.29 is 0 Å². The molecule has 3 unspecified atom stereocenters. The first-order valence-electron chi connectivity index (χ1n) is 7.83. The fourth-order valence-electron chi connectivity index (χ4n) is 3.74. The van der Waals surface area contributed by atoms with E-state index >= 15 is 0 Å². The van der Waals surface area contributed by atoms with Gasteiger partial charge in [-0.1, -0.05) is 38.0 Å². The average molecular weight is 268 g/mol. The molecule has 0 spiro atoms. The summed E-state index contributed by atoms with van der Waals surface area (Å²) in [5, 5.41) is 4.77. The molecule has 2 heteroatoms. The Morgan fingerprint density at radius 1 is 1.30 bits per heavy atom. The van der Waals surface area contributed by atoms with E-state index < -0.39 is 0 Å². The lowest BCUT2D eigenvalue weighted by Crippen LogP contribution is -2.23. The fourth-order valence-corrected chi connectivity index (χ4v) is 3.74. The number of aromatic nitrogens is 1. The first kappa shape index (κ1) is 13.6. The molecule has 1 aliphatic rings. The minimum atomic E-state index is 0.470. The van der Waals surface area contributed by atoms with Gasteiger partial charge in [-0.05, 0) is 49.4 Å². The molecule has 2 aromatic rings. The largest absolute Gasteiger partial charge is 0.313 e. The predicted octanol–water partition coefficient (Wildman–Crippen LogP) is 4.32. The second kappa shape index (κ2) is 5.92. The van der Waals surface area contributed by atoms with Gasteiger partial charge in [-0.2, -0.15) is 0 Å². The van der Waals surface area contributed by atoms with Gasteiger partial charge in [0.05, 0.1) is 5.52 Å². The van der Waals surface area contributed by atoms with Gasteiger partial charge in [0, 0.05) is 17.6 Å². The van der Waals surface area contributed by atoms with E-state index in [1.54, 1.807) is 0 Å². The molecular formula is C18H24N2. The predicted molar refractivity (Wildman–Crippen MR) is 84.7 cm³/mol. The normalized spacial score (nSPS) is 24.1. The fraction of sp³-hybridized carbons (Fsp3) is 0.500. The highest BCUT2D eigenvalue weighted by Crippen LogP contribution is 2.40. The average Bonchev–Trinajstić information content (AvgIpc) is 2.97. The van der Waals surface area contributed by atoms with Crippen molar-refractivity contribution in [2.45, 2.75) is 38.6 Å². The van der Waals surface area contributed by atoms with Crippen LogP contribution in [0.1, 0.15) is 44.2 Å². The van der Waals surface area contributed by atoms with Gasteiger partial charge in [0.1, 0.15) is 0 Å². The molecule has 0 saturated heterocycles. The standard InChI is InChI=1S/C18H24N2/c1-3-13-6-7-15(11-13)18(19-2)16-9-8-14-5-4-10-20-17(14)12-16/h4-5,8-10,12-13,15,18-19H,3,6-7,11H2,1-2H3. The van der Waals surface area contributed by atoms with Gasteiger partial charge in [-0.15, -0.1) is 0 Å². The van der Waals surface area contributed by atoms with Crippen LogP contribution in [-0.4, -0.2) is 12.0 Å². The minimum Gasteiger partial charge on any atom is -0.313 e. The van der Waals surface area contributed by atoms with Gasteiger partial charge >= 0.3 is 0 Å². The Bertz CT molecular complexity index is 578. The van der Waals surface area contributed by atoms with Crippen LogP contribution < -0.4 is 5.32 Å². The zero-order valence-corrected chi connectivity index (χ0v) is 12.5. The van der Waals surface area contributed by atoms with Crippen LogP contribution in [0.4, 0.5) is 0 Å². The van der Waals surface area contributed by atoms with E-state index in [0.29, 0.717) is 6.04 Å². The Labute approximate surface area is 121 Å². The Hall–Kier alpha value is -1.41. The van der Waals surface area contributed by atoms with Gasteiger partial charge in [0.2, 0.25) is 0 Å². The van der Waals surface area contributed by atoms with E-state index in [-0.39, 0.29) is 0 Å². The number of hydrogen-bond acceptors (Lipinski definition) is 2. The number of fused-ring (bicyclic) bond motifs is 1. The Morgan fingerprint density at radius 2 is 2.20 bits per heavy atom. The van der Waals surface area contributed by atoms with E-state index in [9.17, 15) is 0 Å². The SMILES string of the molecule is CCC1CCC(C(NC)c2ccc3cccnc3c2)C1. The summed E-state index contributed by atoms with van der Waals surface area (Å²) in [7, 11) is 2.09. The molecule has 1 aromatic carbocycles. The number of benzene rings is 1. The molecule has 1 fully saturated rings. The number of hydrogen-bond donors (Lipinski definition) is 1. The number of nitrogens with one attached hydrogen (secondary N) is 1. The maximum Gasteiger partial charge on any atom is 0.0705 e. The molecule has 20 heavy (non-hydrogen) atoms. The lowest BCUT2D eigenvalue weighted by Gasteiger charge is -2.24. The summed E-state index contributed by atoms with van der Waals surface area (Å²) in [6.07, 6.45) is 7.31. The van der Waals surface area contributed by atoms with Crippen molar-refractivity contribution in [1.82, 2.24) is 10.3 Å². The highest BCUT2D eigenvalue weighted by atomic mass is 14.9. The molecule has 106 valence electrons. The lowest BCUT2D eigenvalue weighted by atomic mass is 9.90. The molecule has 1 aromatic heterocycles. The van der Waals surface area contributed by atoms with E-state index in [0.717, 1.165) is 17.4 Å². The van der Waals surface area contributed by atoms with Crippen LogP contribution in [0.5, 0.6) is 0 Å². The Kier molecular flexibility index (Phi) is 4.02. The van der Waals surface area contributed by atoms with Gasteiger partial charge in [-0.25, -0.2) is 0 Å². The van der Waals surface area contributed by atoms with Crippen LogP contribution in [0.25, 0.3) is 10.9 Å². The van der Waals surface area contributed by atoms with Crippen LogP contribution in [-0.2, 0) is 0 Å². The number of rotatable bonds is 4. The third-order valence-corrected chi connectivity index (χ3v) is 4.93. The van der Waals surface area contributed by atoms with Crippen molar-refractivity contribution in [2.24, 2.45) is 11.8 Å². The molecule has 1 heterocycles. The Morgan fingerprint density at radius 3 is 2.95 bits per heavy atom. The molecule has 0 aliphatic heterocycles. The second-order valence-corrected chi connectivity index (χ2v) is 6.07. The summed E-state index contributed by atoms with van der Waals surface area (Å²) in [6.45, 7) is 2.32.